The minimum absolute atomic E-state index is 0.00718. The number of nitrogens with zero attached hydrogens (tertiary/aromatic N) is 2. The topological polar surface area (TPSA) is 61.6 Å². The third kappa shape index (κ3) is 1.87. The molecule has 0 aromatic carbocycles. The molecule has 0 aliphatic heterocycles. The molecule has 0 spiro atoms. The van der Waals surface area contributed by atoms with Crippen LogP contribution < -0.4 is 5.56 Å². The summed E-state index contributed by atoms with van der Waals surface area (Å²) in [5.41, 5.74) is 1.73. The zero-order valence-corrected chi connectivity index (χ0v) is 8.79. The van der Waals surface area contributed by atoms with Gasteiger partial charge in [0.25, 0.3) is 5.56 Å². The maximum atomic E-state index is 11.8. The van der Waals surface area contributed by atoms with Gasteiger partial charge >= 0.3 is 0 Å². The largest absolute Gasteiger partial charge is 0.300 e. The standard InChI is InChI=1S/C10H15N3O/c1-7(2)9-8(3)12-13(10(9)14)6-4-5-11/h7,12H,4,6H2,1-3H3. The Morgan fingerprint density at radius 3 is 2.64 bits per heavy atom. The molecule has 76 valence electrons. The van der Waals surface area contributed by atoms with Crippen LogP contribution in [-0.4, -0.2) is 9.78 Å². The van der Waals surface area contributed by atoms with Crippen molar-refractivity contribution in [2.45, 2.75) is 39.7 Å². The van der Waals surface area contributed by atoms with Crippen LogP contribution in [0.1, 0.15) is 37.4 Å². The monoisotopic (exact) mass is 193 g/mol. The summed E-state index contributed by atoms with van der Waals surface area (Å²) in [5.74, 6) is 0.224. The lowest BCUT2D eigenvalue weighted by molar-refractivity contribution is 0.602. The normalized spacial score (nSPS) is 10.5. The van der Waals surface area contributed by atoms with Gasteiger partial charge in [-0.1, -0.05) is 13.8 Å². The summed E-state index contributed by atoms with van der Waals surface area (Å²) in [4.78, 5) is 11.8. The van der Waals surface area contributed by atoms with Crippen molar-refractivity contribution in [2.24, 2.45) is 0 Å². The number of aromatic amines is 1. The number of hydrogen-bond donors (Lipinski definition) is 1. The van der Waals surface area contributed by atoms with Gasteiger partial charge in [-0.15, -0.1) is 0 Å². The maximum absolute atomic E-state index is 11.8. The van der Waals surface area contributed by atoms with E-state index in [9.17, 15) is 4.79 Å². The van der Waals surface area contributed by atoms with E-state index in [1.807, 2.05) is 26.8 Å². The van der Waals surface area contributed by atoms with Crippen LogP contribution >= 0.6 is 0 Å². The molecule has 0 bridgehead atoms. The summed E-state index contributed by atoms with van der Waals surface area (Å²) in [6.45, 7) is 6.32. The highest BCUT2D eigenvalue weighted by Gasteiger charge is 2.13. The predicted octanol–water partition coefficient (Wildman–Crippen LogP) is 1.52. The van der Waals surface area contributed by atoms with Crippen LogP contribution in [0, 0.1) is 18.3 Å². The molecule has 1 aromatic heterocycles. The van der Waals surface area contributed by atoms with Gasteiger partial charge in [-0.2, -0.15) is 5.26 Å². The molecule has 0 unspecified atom stereocenters. The quantitative estimate of drug-likeness (QED) is 0.791. The Bertz CT molecular complexity index is 406. The van der Waals surface area contributed by atoms with Gasteiger partial charge in [0, 0.05) is 11.3 Å². The summed E-state index contributed by atoms with van der Waals surface area (Å²) < 4.78 is 1.51. The summed E-state index contributed by atoms with van der Waals surface area (Å²) in [7, 11) is 0. The van der Waals surface area contributed by atoms with Gasteiger partial charge in [-0.05, 0) is 12.8 Å². The molecule has 0 fully saturated rings. The lowest BCUT2D eigenvalue weighted by Crippen LogP contribution is -2.19. The predicted molar refractivity (Wildman–Crippen MR) is 54.1 cm³/mol. The first-order valence-corrected chi connectivity index (χ1v) is 4.74. The van der Waals surface area contributed by atoms with E-state index in [0.29, 0.717) is 13.0 Å². The van der Waals surface area contributed by atoms with Crippen molar-refractivity contribution in [3.05, 3.63) is 21.6 Å². The molecule has 0 radical (unpaired) electrons. The number of hydrogen-bond acceptors (Lipinski definition) is 2. The van der Waals surface area contributed by atoms with Crippen LogP contribution in [0.5, 0.6) is 0 Å². The lowest BCUT2D eigenvalue weighted by atomic mass is 10.1. The van der Waals surface area contributed by atoms with E-state index in [-0.39, 0.29) is 11.5 Å². The van der Waals surface area contributed by atoms with Crippen molar-refractivity contribution in [2.75, 3.05) is 0 Å². The number of aryl methyl sites for hydroxylation is 2. The molecule has 0 saturated heterocycles. The molecule has 0 aliphatic rings. The number of nitrogens with one attached hydrogen (secondary N) is 1. The Morgan fingerprint density at radius 2 is 2.21 bits per heavy atom. The molecule has 0 aliphatic carbocycles. The molecule has 1 N–H and O–H groups in total. The van der Waals surface area contributed by atoms with Crippen LogP contribution in [0.4, 0.5) is 0 Å². The van der Waals surface area contributed by atoms with Crippen molar-refractivity contribution in [1.29, 1.82) is 5.26 Å². The zero-order chi connectivity index (χ0) is 10.7. The average molecular weight is 193 g/mol. The summed E-state index contributed by atoms with van der Waals surface area (Å²) in [6.07, 6.45) is 0.359. The van der Waals surface area contributed by atoms with Gasteiger partial charge < -0.3 is 0 Å². The fourth-order valence-corrected chi connectivity index (χ4v) is 1.62. The second-order valence-corrected chi connectivity index (χ2v) is 3.67. The molecule has 1 rings (SSSR count). The third-order valence-electron chi connectivity index (χ3n) is 2.21. The number of aromatic nitrogens is 2. The van der Waals surface area contributed by atoms with Crippen molar-refractivity contribution in [3.8, 4) is 6.07 Å². The fourth-order valence-electron chi connectivity index (χ4n) is 1.62. The molecular formula is C10H15N3O. The van der Waals surface area contributed by atoms with Crippen molar-refractivity contribution >= 4 is 0 Å². The van der Waals surface area contributed by atoms with Gasteiger partial charge in [0.2, 0.25) is 0 Å². The summed E-state index contributed by atoms with van der Waals surface area (Å²) in [5, 5.41) is 11.4. The fraction of sp³-hybridized carbons (Fsp3) is 0.600. The summed E-state index contributed by atoms with van der Waals surface area (Å²) >= 11 is 0. The number of nitriles is 1. The Balaban J connectivity index is 3.06. The van der Waals surface area contributed by atoms with Crippen LogP contribution in [0.2, 0.25) is 0 Å². The molecule has 0 atom stereocenters. The third-order valence-corrected chi connectivity index (χ3v) is 2.21. The Labute approximate surface area is 83.1 Å². The van der Waals surface area contributed by atoms with E-state index >= 15 is 0 Å². The minimum atomic E-state index is 0.00718. The van der Waals surface area contributed by atoms with E-state index < -0.39 is 0 Å². The molecule has 1 aromatic rings. The Hall–Kier alpha value is -1.50. The Kier molecular flexibility index (Phi) is 3.13. The SMILES string of the molecule is Cc1[nH]n(CCC#N)c(=O)c1C(C)C. The van der Waals surface area contributed by atoms with Crippen LogP contribution in [0.3, 0.4) is 0 Å². The molecule has 0 amide bonds. The minimum Gasteiger partial charge on any atom is -0.300 e. The highest BCUT2D eigenvalue weighted by molar-refractivity contribution is 5.19. The van der Waals surface area contributed by atoms with E-state index in [2.05, 4.69) is 5.10 Å². The molecule has 14 heavy (non-hydrogen) atoms. The number of H-pyrrole nitrogens is 1. The average Bonchev–Trinajstić information content (AvgIpc) is 2.38. The second kappa shape index (κ2) is 4.14. The highest BCUT2D eigenvalue weighted by Crippen LogP contribution is 2.12. The lowest BCUT2D eigenvalue weighted by Gasteiger charge is -1.98. The highest BCUT2D eigenvalue weighted by atomic mass is 16.1. The van der Waals surface area contributed by atoms with E-state index in [0.717, 1.165) is 11.3 Å². The van der Waals surface area contributed by atoms with Gasteiger partial charge in [-0.3, -0.25) is 14.6 Å². The van der Waals surface area contributed by atoms with Crippen molar-refractivity contribution in [3.63, 3.8) is 0 Å². The summed E-state index contributed by atoms with van der Waals surface area (Å²) in [6, 6.07) is 2.02. The first-order valence-electron chi connectivity index (χ1n) is 4.74. The molecule has 4 nitrogen and oxygen atoms in total. The van der Waals surface area contributed by atoms with Crippen LogP contribution in [0.25, 0.3) is 0 Å². The molecule has 1 heterocycles. The molecule has 4 heteroatoms. The van der Waals surface area contributed by atoms with E-state index in [1.54, 1.807) is 0 Å². The second-order valence-electron chi connectivity index (χ2n) is 3.67. The molecule has 0 saturated carbocycles. The Morgan fingerprint density at radius 1 is 1.57 bits per heavy atom. The van der Waals surface area contributed by atoms with Gasteiger partial charge in [-0.25, -0.2) is 0 Å². The van der Waals surface area contributed by atoms with Crippen molar-refractivity contribution in [1.82, 2.24) is 9.78 Å². The van der Waals surface area contributed by atoms with Gasteiger partial charge in [0.05, 0.1) is 19.0 Å². The molecular weight excluding hydrogens is 178 g/mol. The van der Waals surface area contributed by atoms with Crippen LogP contribution in [-0.2, 0) is 6.54 Å². The smallest absolute Gasteiger partial charge is 0.270 e. The first-order chi connectivity index (χ1) is 6.57. The van der Waals surface area contributed by atoms with E-state index in [1.165, 1.54) is 4.68 Å². The van der Waals surface area contributed by atoms with Gasteiger partial charge in [0.15, 0.2) is 0 Å². The van der Waals surface area contributed by atoms with Crippen molar-refractivity contribution < 1.29 is 0 Å². The zero-order valence-electron chi connectivity index (χ0n) is 8.79. The van der Waals surface area contributed by atoms with Crippen LogP contribution in [0.15, 0.2) is 4.79 Å². The maximum Gasteiger partial charge on any atom is 0.270 e. The number of rotatable bonds is 3. The van der Waals surface area contributed by atoms with E-state index in [4.69, 9.17) is 5.26 Å². The first kappa shape index (κ1) is 10.6. The van der Waals surface area contributed by atoms with Gasteiger partial charge in [0.1, 0.15) is 0 Å².